The summed E-state index contributed by atoms with van der Waals surface area (Å²) in [6.45, 7) is 3.88. The van der Waals surface area contributed by atoms with Crippen LogP contribution in [0.3, 0.4) is 0 Å². The molecule has 1 heterocycles. The molecule has 110 valence electrons. The van der Waals surface area contributed by atoms with Crippen LogP contribution in [-0.2, 0) is 0 Å². The average molecular weight is 297 g/mol. The number of anilines is 1. The Balaban J connectivity index is 1.91. The number of rotatable bonds is 1. The standard InChI is InChI=1S/C16H22ClFN2/c1-12-10-19-16(8-3-2-4-9-16)11-20(12)15-13(17)6-5-7-14(15)18/h5-7,12,19H,2-4,8-11H2,1H3. The van der Waals surface area contributed by atoms with E-state index in [4.69, 9.17) is 11.6 Å². The van der Waals surface area contributed by atoms with Gasteiger partial charge in [0.15, 0.2) is 0 Å². The fourth-order valence-corrected chi connectivity index (χ4v) is 3.91. The minimum Gasteiger partial charge on any atom is -0.362 e. The second-order valence-corrected chi connectivity index (χ2v) is 6.68. The number of hydrogen-bond donors (Lipinski definition) is 1. The van der Waals surface area contributed by atoms with E-state index >= 15 is 0 Å². The topological polar surface area (TPSA) is 15.3 Å². The van der Waals surface area contributed by atoms with Gasteiger partial charge in [-0.1, -0.05) is 36.9 Å². The largest absolute Gasteiger partial charge is 0.362 e. The Morgan fingerprint density at radius 3 is 2.75 bits per heavy atom. The van der Waals surface area contributed by atoms with Crippen molar-refractivity contribution >= 4 is 17.3 Å². The summed E-state index contributed by atoms with van der Waals surface area (Å²) in [5.74, 6) is -0.211. The van der Waals surface area contributed by atoms with Crippen molar-refractivity contribution in [1.82, 2.24) is 5.32 Å². The Hall–Kier alpha value is -0.800. The highest BCUT2D eigenvalue weighted by atomic mass is 35.5. The van der Waals surface area contributed by atoms with Crippen LogP contribution in [-0.4, -0.2) is 24.7 Å². The van der Waals surface area contributed by atoms with Crippen molar-refractivity contribution in [2.75, 3.05) is 18.0 Å². The maximum atomic E-state index is 14.2. The van der Waals surface area contributed by atoms with Crippen molar-refractivity contribution in [2.24, 2.45) is 0 Å². The molecule has 1 saturated carbocycles. The van der Waals surface area contributed by atoms with Gasteiger partial charge in [-0.3, -0.25) is 0 Å². The van der Waals surface area contributed by atoms with E-state index in [2.05, 4.69) is 17.1 Å². The Morgan fingerprint density at radius 1 is 1.30 bits per heavy atom. The van der Waals surface area contributed by atoms with E-state index in [-0.39, 0.29) is 17.4 Å². The van der Waals surface area contributed by atoms with Gasteiger partial charge in [-0.25, -0.2) is 4.39 Å². The number of para-hydroxylation sites is 1. The van der Waals surface area contributed by atoms with Gasteiger partial charge < -0.3 is 10.2 Å². The summed E-state index contributed by atoms with van der Waals surface area (Å²) in [5, 5.41) is 4.23. The van der Waals surface area contributed by atoms with Crippen LogP contribution in [0.25, 0.3) is 0 Å². The summed E-state index contributed by atoms with van der Waals surface area (Å²) >= 11 is 6.25. The molecule has 1 unspecified atom stereocenters. The van der Waals surface area contributed by atoms with E-state index in [1.54, 1.807) is 12.1 Å². The SMILES string of the molecule is CC1CNC2(CCCCC2)CN1c1c(F)cccc1Cl. The first-order valence-corrected chi connectivity index (χ1v) is 7.95. The van der Waals surface area contributed by atoms with Gasteiger partial charge in [0.1, 0.15) is 5.82 Å². The molecule has 0 aromatic heterocycles. The third-order valence-electron chi connectivity index (χ3n) is 4.81. The van der Waals surface area contributed by atoms with Gasteiger partial charge in [-0.2, -0.15) is 0 Å². The van der Waals surface area contributed by atoms with Crippen molar-refractivity contribution < 1.29 is 4.39 Å². The first kappa shape index (κ1) is 14.2. The highest BCUT2D eigenvalue weighted by molar-refractivity contribution is 6.33. The Kier molecular flexibility index (Phi) is 3.91. The zero-order valence-electron chi connectivity index (χ0n) is 12.0. The van der Waals surface area contributed by atoms with Crippen LogP contribution in [0, 0.1) is 5.82 Å². The van der Waals surface area contributed by atoms with Gasteiger partial charge in [-0.05, 0) is 31.9 Å². The molecule has 2 fully saturated rings. The molecule has 0 amide bonds. The van der Waals surface area contributed by atoms with Gasteiger partial charge in [0.05, 0.1) is 10.7 Å². The summed E-state index contributed by atoms with van der Waals surface area (Å²) in [7, 11) is 0. The van der Waals surface area contributed by atoms with Gasteiger partial charge in [-0.15, -0.1) is 0 Å². The van der Waals surface area contributed by atoms with Crippen molar-refractivity contribution in [1.29, 1.82) is 0 Å². The van der Waals surface area contributed by atoms with Crippen LogP contribution in [0.2, 0.25) is 5.02 Å². The maximum absolute atomic E-state index is 14.2. The predicted molar refractivity (Wildman–Crippen MR) is 82.0 cm³/mol. The fourth-order valence-electron chi connectivity index (χ4n) is 3.64. The zero-order chi connectivity index (χ0) is 14.2. The molecule has 0 bridgehead atoms. The van der Waals surface area contributed by atoms with Crippen LogP contribution in [0.5, 0.6) is 0 Å². The van der Waals surface area contributed by atoms with Crippen LogP contribution in [0.1, 0.15) is 39.0 Å². The molecular formula is C16H22ClFN2. The minimum absolute atomic E-state index is 0.149. The molecule has 1 saturated heterocycles. The Bertz CT molecular complexity index is 465. The van der Waals surface area contributed by atoms with Crippen molar-refractivity contribution in [2.45, 2.75) is 50.6 Å². The number of halogens is 2. The van der Waals surface area contributed by atoms with E-state index in [9.17, 15) is 4.39 Å². The maximum Gasteiger partial charge on any atom is 0.148 e. The Morgan fingerprint density at radius 2 is 2.05 bits per heavy atom. The molecule has 3 rings (SSSR count). The molecule has 20 heavy (non-hydrogen) atoms. The first-order chi connectivity index (χ1) is 9.61. The zero-order valence-corrected chi connectivity index (χ0v) is 12.7. The summed E-state index contributed by atoms with van der Waals surface area (Å²) < 4.78 is 14.2. The molecule has 1 spiro atoms. The van der Waals surface area contributed by atoms with E-state index in [1.165, 1.54) is 38.2 Å². The van der Waals surface area contributed by atoms with E-state index in [1.807, 2.05) is 0 Å². The highest BCUT2D eigenvalue weighted by Crippen LogP contribution is 2.37. The number of nitrogens with one attached hydrogen (secondary N) is 1. The van der Waals surface area contributed by atoms with E-state index < -0.39 is 0 Å². The van der Waals surface area contributed by atoms with Crippen molar-refractivity contribution in [3.05, 3.63) is 29.0 Å². The van der Waals surface area contributed by atoms with E-state index in [0.717, 1.165) is 13.1 Å². The molecule has 4 heteroatoms. The Labute approximate surface area is 125 Å². The van der Waals surface area contributed by atoms with Crippen LogP contribution in [0.15, 0.2) is 18.2 Å². The number of piperazine rings is 1. The smallest absolute Gasteiger partial charge is 0.148 e. The second-order valence-electron chi connectivity index (χ2n) is 6.27. The molecule has 1 aromatic carbocycles. The monoisotopic (exact) mass is 296 g/mol. The second kappa shape index (κ2) is 5.53. The molecule has 2 aliphatic rings. The highest BCUT2D eigenvalue weighted by Gasteiger charge is 2.39. The normalized spacial score (nSPS) is 25.9. The van der Waals surface area contributed by atoms with Gasteiger partial charge in [0.25, 0.3) is 0 Å². The van der Waals surface area contributed by atoms with Crippen LogP contribution >= 0.6 is 11.6 Å². The van der Waals surface area contributed by atoms with Crippen molar-refractivity contribution in [3.63, 3.8) is 0 Å². The third-order valence-corrected chi connectivity index (χ3v) is 5.12. The number of benzene rings is 1. The third kappa shape index (κ3) is 2.53. The lowest BCUT2D eigenvalue weighted by Crippen LogP contribution is -2.64. The molecule has 1 aliphatic carbocycles. The van der Waals surface area contributed by atoms with Gasteiger partial charge in [0, 0.05) is 24.7 Å². The lowest BCUT2D eigenvalue weighted by molar-refractivity contribution is 0.200. The molecule has 1 aliphatic heterocycles. The summed E-state index contributed by atoms with van der Waals surface area (Å²) in [5.41, 5.74) is 0.726. The molecule has 0 radical (unpaired) electrons. The van der Waals surface area contributed by atoms with Crippen molar-refractivity contribution in [3.8, 4) is 0 Å². The number of hydrogen-bond acceptors (Lipinski definition) is 2. The summed E-state index contributed by atoms with van der Waals surface area (Å²) in [4.78, 5) is 2.17. The molecular weight excluding hydrogens is 275 g/mol. The lowest BCUT2D eigenvalue weighted by Gasteiger charge is -2.50. The minimum atomic E-state index is -0.211. The van der Waals surface area contributed by atoms with Gasteiger partial charge >= 0.3 is 0 Å². The number of nitrogens with zero attached hydrogens (tertiary/aromatic N) is 1. The fraction of sp³-hybridized carbons (Fsp3) is 0.625. The van der Waals surface area contributed by atoms with Crippen LogP contribution < -0.4 is 10.2 Å². The lowest BCUT2D eigenvalue weighted by atomic mass is 9.79. The average Bonchev–Trinajstić information content (AvgIpc) is 2.44. The molecule has 1 N–H and O–H groups in total. The quantitative estimate of drug-likeness (QED) is 0.843. The molecule has 2 nitrogen and oxygen atoms in total. The molecule has 1 atom stereocenters. The van der Waals surface area contributed by atoms with Crippen LogP contribution in [0.4, 0.5) is 10.1 Å². The summed E-state index contributed by atoms with van der Waals surface area (Å²) in [6.07, 6.45) is 6.21. The van der Waals surface area contributed by atoms with E-state index in [0.29, 0.717) is 10.7 Å². The molecule has 1 aromatic rings. The van der Waals surface area contributed by atoms with Gasteiger partial charge in [0.2, 0.25) is 0 Å². The predicted octanol–water partition coefficient (Wildman–Crippen LogP) is 3.98. The summed E-state index contributed by atoms with van der Waals surface area (Å²) in [6, 6.07) is 5.22. The first-order valence-electron chi connectivity index (χ1n) is 7.57.